The summed E-state index contributed by atoms with van der Waals surface area (Å²) in [6, 6.07) is 6.19. The summed E-state index contributed by atoms with van der Waals surface area (Å²) >= 11 is 0. The SMILES string of the molecule is CN(C)C(=O)c1cc2cnc(Nc3ccc([N+]4=CCNCC4)cn3)nc2n1C1CCCC1.Cl. The first-order valence-electron chi connectivity index (χ1n) is 11.2. The molecule has 0 bridgehead atoms. The van der Waals surface area contributed by atoms with Gasteiger partial charge in [-0.25, -0.2) is 9.97 Å². The molecule has 0 spiro atoms. The number of carbonyl (C=O) groups is 1. The molecule has 0 unspecified atom stereocenters. The lowest BCUT2D eigenvalue weighted by atomic mass is 10.2. The van der Waals surface area contributed by atoms with Gasteiger partial charge in [-0.1, -0.05) is 12.8 Å². The van der Waals surface area contributed by atoms with E-state index < -0.39 is 0 Å². The minimum absolute atomic E-state index is 0. The third kappa shape index (κ3) is 4.69. The molecule has 3 aromatic heterocycles. The van der Waals surface area contributed by atoms with E-state index in [4.69, 9.17) is 4.98 Å². The molecule has 0 aromatic carbocycles. The van der Waals surface area contributed by atoms with Crippen molar-refractivity contribution in [3.63, 3.8) is 0 Å². The van der Waals surface area contributed by atoms with Crippen molar-refractivity contribution < 1.29 is 9.37 Å². The average Bonchev–Trinajstić information content (AvgIpc) is 3.47. The number of pyridine rings is 1. The highest BCUT2D eigenvalue weighted by Crippen LogP contribution is 2.34. The standard InChI is InChI=1S/C23H28N8O.ClH/c1-29(2)22(32)19-13-16-14-26-23(28-21(16)31(19)17-5-3-4-6-17)27-20-8-7-18(15-25-20)30-11-9-24-10-12-30;/h7-8,11,13-15,17,24H,3-6,9-10,12H2,1-2H3;1H/p+1. The highest BCUT2D eigenvalue weighted by atomic mass is 35.5. The predicted molar refractivity (Wildman–Crippen MR) is 132 cm³/mol. The van der Waals surface area contributed by atoms with Crippen molar-refractivity contribution in [3.8, 4) is 0 Å². The second-order valence-corrected chi connectivity index (χ2v) is 8.62. The van der Waals surface area contributed by atoms with Gasteiger partial charge in [0.05, 0.1) is 13.1 Å². The van der Waals surface area contributed by atoms with Gasteiger partial charge in [-0.15, -0.1) is 12.4 Å². The van der Waals surface area contributed by atoms with Crippen LogP contribution in [0.1, 0.15) is 42.2 Å². The fraction of sp³-hybridized carbons (Fsp3) is 0.435. The Hall–Kier alpha value is -3.04. The minimum Gasteiger partial charge on any atom is -0.343 e. The fourth-order valence-electron chi connectivity index (χ4n) is 4.54. The van der Waals surface area contributed by atoms with Gasteiger partial charge in [0.15, 0.2) is 12.8 Å². The number of nitrogens with one attached hydrogen (secondary N) is 2. The minimum atomic E-state index is -0.00798. The number of amides is 1. The van der Waals surface area contributed by atoms with Gasteiger partial charge in [-0.3, -0.25) is 4.79 Å². The number of halogens is 1. The topological polar surface area (TPSA) is 91.0 Å². The Morgan fingerprint density at radius 3 is 2.70 bits per heavy atom. The molecular formula is C23H30ClN8O+. The highest BCUT2D eigenvalue weighted by Gasteiger charge is 2.26. The van der Waals surface area contributed by atoms with Gasteiger partial charge in [0.1, 0.15) is 23.4 Å². The molecule has 33 heavy (non-hydrogen) atoms. The Bertz CT molecular complexity index is 1170. The zero-order valence-electron chi connectivity index (χ0n) is 19.0. The maximum Gasteiger partial charge on any atom is 0.270 e. The first-order valence-corrected chi connectivity index (χ1v) is 11.2. The lowest BCUT2D eigenvalue weighted by molar-refractivity contribution is -0.438. The number of anilines is 2. The molecule has 0 radical (unpaired) electrons. The summed E-state index contributed by atoms with van der Waals surface area (Å²) in [6.45, 7) is 2.76. The number of aromatic nitrogens is 4. The summed E-state index contributed by atoms with van der Waals surface area (Å²) in [6.07, 6.45) is 10.3. The highest BCUT2D eigenvalue weighted by molar-refractivity contribution is 5.97. The van der Waals surface area contributed by atoms with E-state index in [1.807, 2.05) is 24.4 Å². The molecule has 5 rings (SSSR count). The predicted octanol–water partition coefficient (Wildman–Crippen LogP) is 3.13. The Labute approximate surface area is 199 Å². The van der Waals surface area contributed by atoms with Crippen LogP contribution in [-0.4, -0.2) is 74.8 Å². The van der Waals surface area contributed by atoms with Gasteiger partial charge in [0.2, 0.25) is 11.6 Å². The Morgan fingerprint density at radius 1 is 1.21 bits per heavy atom. The van der Waals surface area contributed by atoms with Crippen LogP contribution in [0.2, 0.25) is 0 Å². The van der Waals surface area contributed by atoms with Gasteiger partial charge in [-0.2, -0.15) is 9.56 Å². The third-order valence-electron chi connectivity index (χ3n) is 6.20. The van der Waals surface area contributed by atoms with E-state index in [0.29, 0.717) is 23.5 Å². The summed E-state index contributed by atoms with van der Waals surface area (Å²) in [5.74, 6) is 1.16. The van der Waals surface area contributed by atoms with Crippen LogP contribution in [-0.2, 0) is 0 Å². The van der Waals surface area contributed by atoms with E-state index in [2.05, 4.69) is 36.0 Å². The van der Waals surface area contributed by atoms with Crippen LogP contribution in [0, 0.1) is 0 Å². The van der Waals surface area contributed by atoms with E-state index in [-0.39, 0.29) is 18.3 Å². The van der Waals surface area contributed by atoms with Crippen LogP contribution in [0.3, 0.4) is 0 Å². The first kappa shape index (κ1) is 23.1. The largest absolute Gasteiger partial charge is 0.343 e. The zero-order chi connectivity index (χ0) is 22.1. The van der Waals surface area contributed by atoms with Crippen molar-refractivity contribution in [2.75, 3.05) is 39.0 Å². The molecule has 9 nitrogen and oxygen atoms in total. The number of hydrogen-bond donors (Lipinski definition) is 2. The van der Waals surface area contributed by atoms with Crippen molar-refractivity contribution in [1.82, 2.24) is 29.7 Å². The van der Waals surface area contributed by atoms with Crippen LogP contribution in [0.15, 0.2) is 30.6 Å². The van der Waals surface area contributed by atoms with Crippen LogP contribution < -0.4 is 10.6 Å². The molecule has 10 heteroatoms. The molecule has 1 amide bonds. The molecule has 1 aliphatic heterocycles. The molecule has 174 valence electrons. The summed E-state index contributed by atoms with van der Waals surface area (Å²) < 4.78 is 4.32. The molecule has 1 fully saturated rings. The van der Waals surface area contributed by atoms with E-state index in [0.717, 1.165) is 49.2 Å². The van der Waals surface area contributed by atoms with E-state index in [9.17, 15) is 4.79 Å². The second-order valence-electron chi connectivity index (χ2n) is 8.62. The van der Waals surface area contributed by atoms with Crippen LogP contribution >= 0.6 is 12.4 Å². The fourth-order valence-corrected chi connectivity index (χ4v) is 4.54. The van der Waals surface area contributed by atoms with Crippen LogP contribution in [0.25, 0.3) is 11.0 Å². The van der Waals surface area contributed by atoms with Crippen LogP contribution in [0.4, 0.5) is 17.5 Å². The van der Waals surface area contributed by atoms with Gasteiger partial charge in [0, 0.05) is 37.8 Å². The number of nitrogens with zero attached hydrogens (tertiary/aromatic N) is 6. The van der Waals surface area contributed by atoms with E-state index in [1.54, 1.807) is 25.2 Å². The first-order chi connectivity index (χ1) is 15.6. The van der Waals surface area contributed by atoms with Gasteiger partial charge in [0.25, 0.3) is 5.91 Å². The lowest BCUT2D eigenvalue weighted by Gasteiger charge is -2.19. The molecule has 0 saturated heterocycles. The zero-order valence-corrected chi connectivity index (χ0v) is 19.8. The van der Waals surface area contributed by atoms with Crippen molar-refractivity contribution in [1.29, 1.82) is 0 Å². The van der Waals surface area contributed by atoms with Gasteiger partial charge in [-0.05, 0) is 25.0 Å². The lowest BCUT2D eigenvalue weighted by Crippen LogP contribution is -2.33. The van der Waals surface area contributed by atoms with Crippen LogP contribution in [0.5, 0.6) is 0 Å². The van der Waals surface area contributed by atoms with E-state index >= 15 is 0 Å². The summed E-state index contributed by atoms with van der Waals surface area (Å²) in [7, 11) is 3.57. The maximum atomic E-state index is 12.9. The monoisotopic (exact) mass is 469 g/mol. The van der Waals surface area contributed by atoms with Gasteiger partial charge >= 0.3 is 0 Å². The molecule has 1 aliphatic carbocycles. The summed E-state index contributed by atoms with van der Waals surface area (Å²) in [5, 5.41) is 7.41. The number of carbonyl (C=O) groups excluding carboxylic acids is 1. The Balaban J connectivity index is 0.00000259. The number of hydrogen-bond acceptors (Lipinski definition) is 6. The molecule has 0 atom stereocenters. The third-order valence-corrected chi connectivity index (χ3v) is 6.20. The van der Waals surface area contributed by atoms with E-state index in [1.165, 1.54) is 12.8 Å². The number of rotatable bonds is 5. The Morgan fingerprint density at radius 2 is 2.03 bits per heavy atom. The summed E-state index contributed by atoms with van der Waals surface area (Å²) in [4.78, 5) is 28.3. The summed E-state index contributed by atoms with van der Waals surface area (Å²) in [5.41, 5.74) is 2.54. The van der Waals surface area contributed by atoms with Crippen molar-refractivity contribution in [2.24, 2.45) is 0 Å². The molecule has 2 N–H and O–H groups in total. The molecule has 4 heterocycles. The molecule has 3 aromatic rings. The Kier molecular flexibility index (Phi) is 6.90. The smallest absolute Gasteiger partial charge is 0.270 e. The number of fused-ring (bicyclic) bond motifs is 1. The molecular weight excluding hydrogens is 440 g/mol. The second kappa shape index (κ2) is 9.84. The molecule has 2 aliphatic rings. The van der Waals surface area contributed by atoms with Crippen molar-refractivity contribution >= 4 is 53.0 Å². The molecule has 1 saturated carbocycles. The quantitative estimate of drug-likeness (QED) is 0.558. The van der Waals surface area contributed by atoms with Crippen molar-refractivity contribution in [3.05, 3.63) is 36.3 Å². The van der Waals surface area contributed by atoms with Gasteiger partial charge < -0.3 is 20.1 Å². The average molecular weight is 470 g/mol. The maximum absolute atomic E-state index is 12.9. The normalized spacial score (nSPS) is 16.4. The van der Waals surface area contributed by atoms with Crippen molar-refractivity contribution in [2.45, 2.75) is 31.7 Å².